The van der Waals surface area contributed by atoms with E-state index in [0.717, 1.165) is 0 Å². The van der Waals surface area contributed by atoms with Crippen molar-refractivity contribution in [2.24, 2.45) is 0 Å². The van der Waals surface area contributed by atoms with Crippen LogP contribution in [0.1, 0.15) is 26.7 Å². The number of β-amino-alcohol motifs (C(OH)–C–C–N with tert-alkyl or cyclic N) is 1. The standard InChI is InChI=1S/C12H21NO5/c1-12(2)4-6(14)3-7-9(16)11(18)10(17)8(15)5-13(7)12/h7-11,15-18H,3-5H2,1-2H3/t7-,8-,9-,10-,11-/m1/s1. The molecule has 2 rings (SSSR count). The quantitative estimate of drug-likeness (QED) is 0.412. The van der Waals surface area contributed by atoms with Gasteiger partial charge >= 0.3 is 0 Å². The fraction of sp³-hybridized carbons (Fsp3) is 0.917. The molecule has 5 atom stereocenters. The molecule has 18 heavy (non-hydrogen) atoms. The van der Waals surface area contributed by atoms with Crippen molar-refractivity contribution in [3.8, 4) is 0 Å². The summed E-state index contributed by atoms with van der Waals surface area (Å²) in [6, 6.07) is -0.553. The number of aliphatic hydroxyl groups is 4. The van der Waals surface area contributed by atoms with Gasteiger partial charge < -0.3 is 20.4 Å². The molecule has 0 bridgehead atoms. The van der Waals surface area contributed by atoms with Crippen LogP contribution in [0.2, 0.25) is 0 Å². The molecule has 2 fully saturated rings. The number of hydrogen-bond acceptors (Lipinski definition) is 6. The third-order valence-electron chi connectivity index (χ3n) is 4.12. The Bertz CT molecular complexity index is 345. The van der Waals surface area contributed by atoms with Gasteiger partial charge in [0.05, 0.1) is 12.2 Å². The van der Waals surface area contributed by atoms with Crippen LogP contribution >= 0.6 is 0 Å². The van der Waals surface area contributed by atoms with E-state index in [0.29, 0.717) is 6.42 Å². The smallest absolute Gasteiger partial charge is 0.136 e. The first-order chi connectivity index (χ1) is 8.24. The van der Waals surface area contributed by atoms with Crippen molar-refractivity contribution in [1.29, 1.82) is 0 Å². The lowest BCUT2D eigenvalue weighted by Crippen LogP contribution is -2.60. The van der Waals surface area contributed by atoms with Crippen LogP contribution in [0.15, 0.2) is 0 Å². The first-order valence-electron chi connectivity index (χ1n) is 6.25. The fourth-order valence-corrected chi connectivity index (χ4v) is 3.10. The molecular formula is C12H21NO5. The molecule has 0 spiro atoms. The van der Waals surface area contributed by atoms with E-state index in [-0.39, 0.29) is 18.7 Å². The molecule has 0 amide bonds. The third kappa shape index (κ3) is 2.19. The Morgan fingerprint density at radius 2 is 1.72 bits per heavy atom. The maximum absolute atomic E-state index is 11.7. The zero-order valence-corrected chi connectivity index (χ0v) is 10.7. The second-order valence-corrected chi connectivity index (χ2v) is 5.99. The minimum atomic E-state index is -1.43. The zero-order valence-electron chi connectivity index (χ0n) is 10.7. The number of carbonyl (C=O) groups is 1. The topological polar surface area (TPSA) is 101 Å². The van der Waals surface area contributed by atoms with Gasteiger partial charge in [-0.25, -0.2) is 0 Å². The lowest BCUT2D eigenvalue weighted by Gasteiger charge is -2.48. The molecule has 6 heteroatoms. The summed E-state index contributed by atoms with van der Waals surface area (Å²) in [5, 5.41) is 39.4. The predicted molar refractivity (Wildman–Crippen MR) is 62.8 cm³/mol. The number of nitrogens with zero attached hydrogens (tertiary/aromatic N) is 1. The van der Waals surface area contributed by atoms with Gasteiger partial charge in [-0.05, 0) is 13.8 Å². The van der Waals surface area contributed by atoms with Crippen molar-refractivity contribution >= 4 is 5.78 Å². The van der Waals surface area contributed by atoms with Crippen molar-refractivity contribution in [3.63, 3.8) is 0 Å². The summed E-state index contributed by atoms with van der Waals surface area (Å²) >= 11 is 0. The molecule has 2 saturated heterocycles. The summed E-state index contributed by atoms with van der Waals surface area (Å²) in [4.78, 5) is 13.5. The van der Waals surface area contributed by atoms with Gasteiger partial charge in [-0.1, -0.05) is 0 Å². The van der Waals surface area contributed by atoms with Crippen LogP contribution in [-0.4, -0.2) is 73.7 Å². The van der Waals surface area contributed by atoms with E-state index >= 15 is 0 Å². The molecular weight excluding hydrogens is 238 g/mol. The van der Waals surface area contributed by atoms with Crippen molar-refractivity contribution < 1.29 is 25.2 Å². The highest BCUT2D eigenvalue weighted by molar-refractivity contribution is 5.81. The number of carbonyl (C=O) groups excluding carboxylic acids is 1. The van der Waals surface area contributed by atoms with Crippen LogP contribution in [0.25, 0.3) is 0 Å². The Labute approximate surface area is 106 Å². The minimum absolute atomic E-state index is 0.0263. The van der Waals surface area contributed by atoms with Gasteiger partial charge in [-0.15, -0.1) is 0 Å². The first kappa shape index (κ1) is 13.9. The summed E-state index contributed by atoms with van der Waals surface area (Å²) in [5.74, 6) is 0.0263. The molecule has 0 unspecified atom stereocenters. The fourth-order valence-electron chi connectivity index (χ4n) is 3.10. The number of fused-ring (bicyclic) bond motifs is 1. The number of ketones is 1. The molecule has 0 aromatic carbocycles. The van der Waals surface area contributed by atoms with E-state index in [1.165, 1.54) is 0 Å². The summed E-state index contributed by atoms with van der Waals surface area (Å²) in [6.45, 7) is 3.86. The molecule has 0 aromatic heterocycles. The van der Waals surface area contributed by atoms with Crippen LogP contribution in [0.4, 0.5) is 0 Å². The van der Waals surface area contributed by atoms with Gasteiger partial charge in [0, 0.05) is 31.0 Å². The predicted octanol–water partition coefficient (Wildman–Crippen LogP) is -1.74. The lowest BCUT2D eigenvalue weighted by molar-refractivity contribution is -0.136. The third-order valence-corrected chi connectivity index (χ3v) is 4.12. The van der Waals surface area contributed by atoms with E-state index < -0.39 is 36.0 Å². The van der Waals surface area contributed by atoms with Gasteiger partial charge in [-0.2, -0.15) is 0 Å². The Hall–Kier alpha value is -0.530. The molecule has 2 aliphatic heterocycles. The first-order valence-corrected chi connectivity index (χ1v) is 6.25. The van der Waals surface area contributed by atoms with Crippen molar-refractivity contribution in [2.45, 2.75) is 62.7 Å². The Morgan fingerprint density at radius 1 is 1.11 bits per heavy atom. The van der Waals surface area contributed by atoms with E-state index in [4.69, 9.17) is 0 Å². The molecule has 0 aliphatic carbocycles. The molecule has 0 saturated carbocycles. The summed E-state index contributed by atoms with van der Waals surface area (Å²) in [7, 11) is 0. The SMILES string of the molecule is CC1(C)CC(=O)C[C@@H]2[C@@H](O)[C@@H](O)[C@H](O)[C@H](O)CN21. The number of piperidine rings is 1. The van der Waals surface area contributed by atoms with Crippen LogP contribution in [-0.2, 0) is 4.79 Å². The minimum Gasteiger partial charge on any atom is -0.389 e. The number of aliphatic hydroxyl groups excluding tert-OH is 4. The Balaban J connectivity index is 2.35. The number of Topliss-reactive ketones (excluding diaryl/α,β-unsaturated/α-hetero) is 1. The average Bonchev–Trinajstić information content (AvgIpc) is 2.34. The molecule has 0 radical (unpaired) electrons. The summed E-state index contributed by atoms with van der Waals surface area (Å²) < 4.78 is 0. The molecule has 4 N–H and O–H groups in total. The molecule has 0 aromatic rings. The zero-order chi connectivity index (χ0) is 13.7. The van der Waals surface area contributed by atoms with Gasteiger partial charge in [0.25, 0.3) is 0 Å². The van der Waals surface area contributed by atoms with Crippen molar-refractivity contribution in [3.05, 3.63) is 0 Å². The molecule has 2 aliphatic rings. The van der Waals surface area contributed by atoms with Crippen molar-refractivity contribution in [2.75, 3.05) is 6.54 Å². The van der Waals surface area contributed by atoms with Gasteiger partial charge in [0.2, 0.25) is 0 Å². The highest BCUT2D eigenvalue weighted by atomic mass is 16.4. The molecule has 6 nitrogen and oxygen atoms in total. The number of rotatable bonds is 0. The van der Waals surface area contributed by atoms with E-state index in [2.05, 4.69) is 0 Å². The molecule has 104 valence electrons. The van der Waals surface area contributed by atoms with Crippen LogP contribution < -0.4 is 0 Å². The van der Waals surface area contributed by atoms with Crippen LogP contribution in [0.5, 0.6) is 0 Å². The van der Waals surface area contributed by atoms with Crippen LogP contribution in [0, 0.1) is 0 Å². The maximum Gasteiger partial charge on any atom is 0.136 e. The average molecular weight is 259 g/mol. The Kier molecular flexibility index (Phi) is 3.50. The largest absolute Gasteiger partial charge is 0.389 e. The highest BCUT2D eigenvalue weighted by Gasteiger charge is 2.50. The van der Waals surface area contributed by atoms with Gasteiger partial charge in [0.15, 0.2) is 0 Å². The van der Waals surface area contributed by atoms with Crippen molar-refractivity contribution in [1.82, 2.24) is 4.90 Å². The normalized spacial score (nSPS) is 45.4. The summed E-state index contributed by atoms with van der Waals surface area (Å²) in [6.07, 6.45) is -4.71. The Morgan fingerprint density at radius 3 is 2.33 bits per heavy atom. The second-order valence-electron chi connectivity index (χ2n) is 5.99. The van der Waals surface area contributed by atoms with E-state index in [1.54, 1.807) is 0 Å². The lowest BCUT2D eigenvalue weighted by atomic mass is 9.83. The summed E-state index contributed by atoms with van der Waals surface area (Å²) in [5.41, 5.74) is -0.494. The van der Waals surface area contributed by atoms with Crippen LogP contribution in [0.3, 0.4) is 0 Å². The maximum atomic E-state index is 11.7. The van der Waals surface area contributed by atoms with E-state index in [1.807, 2.05) is 18.7 Å². The highest BCUT2D eigenvalue weighted by Crippen LogP contribution is 2.34. The monoisotopic (exact) mass is 259 g/mol. The van der Waals surface area contributed by atoms with Gasteiger partial charge in [0.1, 0.15) is 18.0 Å². The van der Waals surface area contributed by atoms with E-state index in [9.17, 15) is 25.2 Å². The number of hydrogen-bond donors (Lipinski definition) is 4. The second kappa shape index (κ2) is 4.54. The molecule has 2 heterocycles. The van der Waals surface area contributed by atoms with Gasteiger partial charge in [-0.3, -0.25) is 9.69 Å².